The van der Waals surface area contributed by atoms with Crippen LogP contribution in [0.1, 0.15) is 43.1 Å². The number of carbonyl (C=O) groups is 2. The molecule has 0 saturated carbocycles. The van der Waals surface area contributed by atoms with Crippen molar-refractivity contribution in [3.05, 3.63) is 124 Å². The van der Waals surface area contributed by atoms with Crippen molar-refractivity contribution in [1.82, 2.24) is 9.88 Å². The van der Waals surface area contributed by atoms with Crippen LogP contribution in [0.2, 0.25) is 0 Å². The third kappa shape index (κ3) is 5.18. The first-order valence-electron chi connectivity index (χ1n) is 12.9. The molecule has 4 aromatic carbocycles. The van der Waals surface area contributed by atoms with Gasteiger partial charge < -0.3 is 19.7 Å². The molecule has 1 amide bonds. The van der Waals surface area contributed by atoms with Crippen LogP contribution < -0.4 is 10.1 Å². The van der Waals surface area contributed by atoms with Crippen LogP contribution in [-0.4, -0.2) is 28.7 Å². The van der Waals surface area contributed by atoms with E-state index in [0.717, 1.165) is 33.3 Å². The quantitative estimate of drug-likeness (QED) is 0.230. The molecule has 0 atom stereocenters. The molecule has 0 aliphatic rings. The molecule has 2 N–H and O–H groups in total. The SMILES string of the molecule is COc1ccc(F)cc1CNC(=O)c1ccc2c(c1)c(C)c(C)n2Cc1ccc(-c2ccccc2C(=O)O)cc1. The molecule has 5 aromatic rings. The fourth-order valence-electron chi connectivity index (χ4n) is 5.05. The molecule has 0 bridgehead atoms. The van der Waals surface area contributed by atoms with Crippen molar-refractivity contribution in [3.63, 3.8) is 0 Å². The summed E-state index contributed by atoms with van der Waals surface area (Å²) in [5, 5.41) is 13.4. The van der Waals surface area contributed by atoms with Crippen LogP contribution in [0.25, 0.3) is 22.0 Å². The number of carbonyl (C=O) groups excluding carboxylic acids is 1. The van der Waals surface area contributed by atoms with E-state index in [4.69, 9.17) is 4.74 Å². The molecule has 0 spiro atoms. The first-order valence-corrected chi connectivity index (χ1v) is 12.9. The highest BCUT2D eigenvalue weighted by Crippen LogP contribution is 2.29. The number of benzene rings is 4. The zero-order valence-electron chi connectivity index (χ0n) is 22.5. The van der Waals surface area contributed by atoms with Crippen LogP contribution in [0.3, 0.4) is 0 Å². The van der Waals surface area contributed by atoms with E-state index in [1.165, 1.54) is 19.2 Å². The van der Waals surface area contributed by atoms with Gasteiger partial charge in [0, 0.05) is 40.8 Å². The van der Waals surface area contributed by atoms with Gasteiger partial charge in [-0.2, -0.15) is 0 Å². The maximum Gasteiger partial charge on any atom is 0.336 e. The van der Waals surface area contributed by atoms with Crippen LogP contribution >= 0.6 is 0 Å². The summed E-state index contributed by atoms with van der Waals surface area (Å²) in [5.41, 5.74) is 7.15. The Balaban J connectivity index is 1.37. The molecule has 40 heavy (non-hydrogen) atoms. The summed E-state index contributed by atoms with van der Waals surface area (Å²) in [6.45, 7) is 4.87. The smallest absolute Gasteiger partial charge is 0.336 e. The molecule has 1 heterocycles. The third-order valence-electron chi connectivity index (χ3n) is 7.35. The molecule has 202 valence electrons. The second-order valence-corrected chi connectivity index (χ2v) is 9.71. The van der Waals surface area contributed by atoms with E-state index in [9.17, 15) is 19.1 Å². The first kappa shape index (κ1) is 26.7. The van der Waals surface area contributed by atoms with Crippen LogP contribution in [0.4, 0.5) is 4.39 Å². The number of nitrogens with one attached hydrogen (secondary N) is 1. The van der Waals surface area contributed by atoms with Crippen molar-refractivity contribution in [3.8, 4) is 16.9 Å². The largest absolute Gasteiger partial charge is 0.496 e. The van der Waals surface area contributed by atoms with Crippen LogP contribution in [0.15, 0.2) is 84.9 Å². The highest BCUT2D eigenvalue weighted by Gasteiger charge is 2.16. The summed E-state index contributed by atoms with van der Waals surface area (Å²) in [6, 6.07) is 24.7. The third-order valence-corrected chi connectivity index (χ3v) is 7.35. The number of carboxylic acid groups (broad SMARTS) is 1. The second-order valence-electron chi connectivity index (χ2n) is 9.71. The van der Waals surface area contributed by atoms with E-state index < -0.39 is 11.8 Å². The summed E-state index contributed by atoms with van der Waals surface area (Å²) in [7, 11) is 1.51. The lowest BCUT2D eigenvalue weighted by atomic mass is 9.99. The average Bonchev–Trinajstić information content (AvgIpc) is 3.20. The topological polar surface area (TPSA) is 80.6 Å². The fourth-order valence-corrected chi connectivity index (χ4v) is 5.05. The number of rotatable bonds is 8. The minimum Gasteiger partial charge on any atom is -0.496 e. The van der Waals surface area contributed by atoms with Crippen molar-refractivity contribution in [2.75, 3.05) is 7.11 Å². The van der Waals surface area contributed by atoms with Gasteiger partial charge in [0.15, 0.2) is 0 Å². The minimum atomic E-state index is -0.952. The van der Waals surface area contributed by atoms with E-state index >= 15 is 0 Å². The van der Waals surface area contributed by atoms with Gasteiger partial charge in [-0.25, -0.2) is 9.18 Å². The number of ether oxygens (including phenoxy) is 1. The number of hydrogen-bond donors (Lipinski definition) is 2. The molecular weight excluding hydrogens is 507 g/mol. The van der Waals surface area contributed by atoms with Gasteiger partial charge in [-0.3, -0.25) is 4.79 Å². The van der Waals surface area contributed by atoms with Crippen molar-refractivity contribution in [2.24, 2.45) is 0 Å². The first-order chi connectivity index (χ1) is 19.3. The number of aromatic carboxylic acids is 1. The van der Waals surface area contributed by atoms with Crippen LogP contribution in [0.5, 0.6) is 5.75 Å². The number of methoxy groups -OCH3 is 1. The van der Waals surface area contributed by atoms with E-state index in [-0.39, 0.29) is 18.0 Å². The fraction of sp³-hybridized carbons (Fsp3) is 0.152. The molecule has 0 radical (unpaired) electrons. The molecule has 0 saturated heterocycles. The van der Waals surface area contributed by atoms with E-state index in [1.54, 1.807) is 24.3 Å². The van der Waals surface area contributed by atoms with E-state index in [2.05, 4.69) is 16.8 Å². The van der Waals surface area contributed by atoms with Gasteiger partial charge in [-0.1, -0.05) is 42.5 Å². The zero-order valence-corrected chi connectivity index (χ0v) is 22.5. The lowest BCUT2D eigenvalue weighted by molar-refractivity contribution is 0.0697. The Hall–Kier alpha value is -4.91. The molecule has 0 unspecified atom stereocenters. The Kier molecular flexibility index (Phi) is 7.38. The molecule has 7 heteroatoms. The number of halogens is 1. The van der Waals surface area contributed by atoms with Gasteiger partial charge in [-0.15, -0.1) is 0 Å². The number of aromatic nitrogens is 1. The van der Waals surface area contributed by atoms with Crippen molar-refractivity contribution >= 4 is 22.8 Å². The number of hydrogen-bond acceptors (Lipinski definition) is 3. The number of carboxylic acids is 1. The van der Waals surface area contributed by atoms with Gasteiger partial charge in [-0.05, 0) is 78.6 Å². The summed E-state index contributed by atoms with van der Waals surface area (Å²) < 4.78 is 21.2. The summed E-state index contributed by atoms with van der Waals surface area (Å²) >= 11 is 0. The maximum atomic E-state index is 13.7. The Morgan fingerprint density at radius 1 is 0.950 bits per heavy atom. The predicted octanol–water partition coefficient (Wildman–Crippen LogP) is 6.75. The highest BCUT2D eigenvalue weighted by molar-refractivity contribution is 5.99. The van der Waals surface area contributed by atoms with Gasteiger partial charge in [0.25, 0.3) is 5.91 Å². The molecular formula is C33H29FN2O4. The molecule has 0 aliphatic carbocycles. The molecule has 0 aliphatic heterocycles. The normalized spacial score (nSPS) is 11.0. The minimum absolute atomic E-state index is 0.143. The van der Waals surface area contributed by atoms with E-state index in [0.29, 0.717) is 29.0 Å². The highest BCUT2D eigenvalue weighted by atomic mass is 19.1. The molecule has 0 fully saturated rings. The number of nitrogens with zero attached hydrogens (tertiary/aromatic N) is 1. The van der Waals surface area contributed by atoms with Crippen molar-refractivity contribution in [1.29, 1.82) is 0 Å². The Bertz CT molecular complexity index is 1740. The Morgan fingerprint density at radius 2 is 1.70 bits per heavy atom. The van der Waals surface area contributed by atoms with Crippen LogP contribution in [0, 0.1) is 19.7 Å². The maximum absolute atomic E-state index is 13.7. The van der Waals surface area contributed by atoms with Crippen molar-refractivity contribution in [2.45, 2.75) is 26.9 Å². The zero-order chi connectivity index (χ0) is 28.4. The van der Waals surface area contributed by atoms with Crippen LogP contribution in [-0.2, 0) is 13.1 Å². The standard InChI is InChI=1S/C33H29FN2O4/c1-20-21(2)36(19-22-8-10-23(11-9-22)27-6-4-5-7-28(27)33(38)39)30-14-12-24(17-29(20)30)32(37)35-18-25-16-26(34)13-15-31(25)40-3/h4-17H,18-19H2,1-3H3,(H,35,37)(H,38,39). The van der Waals surface area contributed by atoms with Gasteiger partial charge in [0.05, 0.1) is 12.7 Å². The monoisotopic (exact) mass is 536 g/mol. The number of fused-ring (bicyclic) bond motifs is 1. The molecule has 1 aromatic heterocycles. The summed E-state index contributed by atoms with van der Waals surface area (Å²) in [4.78, 5) is 24.6. The van der Waals surface area contributed by atoms with Crippen molar-refractivity contribution < 1.29 is 23.8 Å². The Morgan fingerprint density at radius 3 is 2.42 bits per heavy atom. The predicted molar refractivity (Wildman–Crippen MR) is 153 cm³/mol. The Labute approximate surface area is 231 Å². The molecule has 6 nitrogen and oxygen atoms in total. The lowest BCUT2D eigenvalue weighted by Gasteiger charge is -2.12. The average molecular weight is 537 g/mol. The summed E-state index contributed by atoms with van der Waals surface area (Å²) in [5.74, 6) is -1.08. The molecule has 5 rings (SSSR count). The summed E-state index contributed by atoms with van der Waals surface area (Å²) in [6.07, 6.45) is 0. The number of aryl methyl sites for hydroxylation is 1. The number of amides is 1. The lowest BCUT2D eigenvalue weighted by Crippen LogP contribution is -2.23. The van der Waals surface area contributed by atoms with Gasteiger partial charge >= 0.3 is 5.97 Å². The van der Waals surface area contributed by atoms with E-state index in [1.807, 2.05) is 55.5 Å². The van der Waals surface area contributed by atoms with Gasteiger partial charge in [0.2, 0.25) is 0 Å². The second kappa shape index (κ2) is 11.1. The van der Waals surface area contributed by atoms with Gasteiger partial charge in [0.1, 0.15) is 11.6 Å².